The highest BCUT2D eigenvalue weighted by Crippen LogP contribution is 2.32. The molecule has 4 nitrogen and oxygen atoms in total. The molecule has 1 N–H and O–H groups in total. The van der Waals surface area contributed by atoms with Crippen LogP contribution >= 0.6 is 0 Å². The van der Waals surface area contributed by atoms with Gasteiger partial charge in [0.2, 0.25) is 0 Å². The van der Waals surface area contributed by atoms with Crippen LogP contribution in [-0.4, -0.2) is 51.8 Å². The first-order valence-electron chi connectivity index (χ1n) is 7.63. The van der Waals surface area contributed by atoms with E-state index in [0.29, 0.717) is 0 Å². The Kier molecular flexibility index (Phi) is 4.01. The number of rotatable bonds is 5. The summed E-state index contributed by atoms with van der Waals surface area (Å²) in [6.45, 7) is 5.93. The molecule has 1 aromatic rings. The molecule has 0 bridgehead atoms. The van der Waals surface area contributed by atoms with E-state index in [4.69, 9.17) is 4.74 Å². The summed E-state index contributed by atoms with van der Waals surface area (Å²) in [5.41, 5.74) is 2.32. The van der Waals surface area contributed by atoms with Crippen molar-refractivity contribution in [3.8, 4) is 5.75 Å². The van der Waals surface area contributed by atoms with Crippen LogP contribution in [0.25, 0.3) is 0 Å². The number of benzene rings is 1. The first-order chi connectivity index (χ1) is 9.80. The van der Waals surface area contributed by atoms with Gasteiger partial charge in [0.1, 0.15) is 5.75 Å². The van der Waals surface area contributed by atoms with E-state index in [-0.39, 0.29) is 0 Å². The van der Waals surface area contributed by atoms with Gasteiger partial charge in [-0.2, -0.15) is 0 Å². The van der Waals surface area contributed by atoms with E-state index in [1.165, 1.54) is 38.2 Å². The summed E-state index contributed by atoms with van der Waals surface area (Å²) < 4.78 is 5.45. The predicted octanol–water partition coefficient (Wildman–Crippen LogP) is 2.27. The summed E-state index contributed by atoms with van der Waals surface area (Å²) >= 11 is 0. The third kappa shape index (κ3) is 3.01. The van der Waals surface area contributed by atoms with Crippen LogP contribution in [0.5, 0.6) is 5.75 Å². The molecule has 1 saturated heterocycles. The number of anilines is 2. The van der Waals surface area contributed by atoms with Crippen LogP contribution in [0.1, 0.15) is 12.8 Å². The van der Waals surface area contributed by atoms with Gasteiger partial charge >= 0.3 is 0 Å². The Morgan fingerprint density at radius 1 is 1.20 bits per heavy atom. The van der Waals surface area contributed by atoms with E-state index < -0.39 is 0 Å². The van der Waals surface area contributed by atoms with Crippen LogP contribution in [-0.2, 0) is 0 Å². The Labute approximate surface area is 121 Å². The predicted molar refractivity (Wildman–Crippen MR) is 83.9 cm³/mol. The molecular weight excluding hydrogens is 250 g/mol. The summed E-state index contributed by atoms with van der Waals surface area (Å²) in [4.78, 5) is 5.08. The molecule has 0 radical (unpaired) electrons. The lowest BCUT2D eigenvalue weighted by Gasteiger charge is -2.36. The number of ether oxygens (including phenoxy) is 1. The maximum atomic E-state index is 5.45. The van der Waals surface area contributed by atoms with Crippen molar-refractivity contribution < 1.29 is 4.74 Å². The molecule has 110 valence electrons. The SMILES string of the molecule is CNc1ccc(N2CCN(CC3CC3)CC2)cc1OC. The highest BCUT2D eigenvalue weighted by Gasteiger charge is 2.26. The van der Waals surface area contributed by atoms with Gasteiger partial charge in [0.05, 0.1) is 12.8 Å². The Morgan fingerprint density at radius 2 is 1.95 bits per heavy atom. The molecule has 4 heteroatoms. The number of hydrogen-bond acceptors (Lipinski definition) is 4. The second-order valence-corrected chi connectivity index (χ2v) is 5.87. The van der Waals surface area contributed by atoms with E-state index in [9.17, 15) is 0 Å². The van der Waals surface area contributed by atoms with Crippen LogP contribution < -0.4 is 15.0 Å². The molecular formula is C16H25N3O. The minimum Gasteiger partial charge on any atom is -0.495 e. The summed E-state index contributed by atoms with van der Waals surface area (Å²) in [6.07, 6.45) is 2.89. The van der Waals surface area contributed by atoms with Crippen LogP contribution in [0.2, 0.25) is 0 Å². The molecule has 0 aromatic heterocycles. The molecule has 0 atom stereocenters. The normalized spacial score (nSPS) is 20.0. The van der Waals surface area contributed by atoms with Gasteiger partial charge in [-0.25, -0.2) is 0 Å². The molecule has 2 fully saturated rings. The maximum Gasteiger partial charge on any atom is 0.144 e. The Hall–Kier alpha value is -1.42. The van der Waals surface area contributed by atoms with Crippen molar-refractivity contribution in [1.82, 2.24) is 4.90 Å². The molecule has 0 unspecified atom stereocenters. The molecule has 1 aromatic carbocycles. The minimum absolute atomic E-state index is 0.922. The lowest BCUT2D eigenvalue weighted by molar-refractivity contribution is 0.248. The average molecular weight is 275 g/mol. The van der Waals surface area contributed by atoms with Gasteiger partial charge < -0.3 is 15.0 Å². The highest BCUT2D eigenvalue weighted by molar-refractivity contribution is 5.64. The van der Waals surface area contributed by atoms with Gasteiger partial charge in [-0.15, -0.1) is 0 Å². The topological polar surface area (TPSA) is 27.7 Å². The van der Waals surface area contributed by atoms with Crippen molar-refractivity contribution in [2.24, 2.45) is 5.92 Å². The first-order valence-corrected chi connectivity index (χ1v) is 7.63. The molecule has 1 aliphatic carbocycles. The third-order valence-electron chi connectivity index (χ3n) is 4.41. The molecule has 1 heterocycles. The zero-order valence-electron chi connectivity index (χ0n) is 12.6. The van der Waals surface area contributed by atoms with E-state index >= 15 is 0 Å². The van der Waals surface area contributed by atoms with Crippen LogP contribution in [0.4, 0.5) is 11.4 Å². The molecule has 0 spiro atoms. The van der Waals surface area contributed by atoms with Crippen molar-refractivity contribution in [2.45, 2.75) is 12.8 Å². The van der Waals surface area contributed by atoms with Crippen molar-refractivity contribution in [2.75, 3.05) is 57.1 Å². The smallest absolute Gasteiger partial charge is 0.144 e. The largest absolute Gasteiger partial charge is 0.495 e. The summed E-state index contributed by atoms with van der Waals surface area (Å²) in [7, 11) is 3.65. The standard InChI is InChI=1S/C16H25N3O/c1-17-15-6-5-14(11-16(15)20-2)19-9-7-18(8-10-19)12-13-3-4-13/h5-6,11,13,17H,3-4,7-10,12H2,1-2H3. The fourth-order valence-electron chi connectivity index (χ4n) is 2.94. The second kappa shape index (κ2) is 5.92. The van der Waals surface area contributed by atoms with E-state index in [1.807, 2.05) is 7.05 Å². The van der Waals surface area contributed by atoms with Gasteiger partial charge in [0, 0.05) is 51.5 Å². The molecule has 20 heavy (non-hydrogen) atoms. The number of methoxy groups -OCH3 is 1. The fourth-order valence-corrected chi connectivity index (χ4v) is 2.94. The zero-order valence-corrected chi connectivity index (χ0v) is 12.6. The molecule has 0 amide bonds. The van der Waals surface area contributed by atoms with Gasteiger partial charge in [-0.3, -0.25) is 4.90 Å². The number of hydrogen-bond donors (Lipinski definition) is 1. The minimum atomic E-state index is 0.922. The average Bonchev–Trinajstić information content (AvgIpc) is 3.31. The monoisotopic (exact) mass is 275 g/mol. The quantitative estimate of drug-likeness (QED) is 0.892. The summed E-state index contributed by atoms with van der Waals surface area (Å²) in [5, 5.41) is 3.16. The molecule has 3 rings (SSSR count). The van der Waals surface area contributed by atoms with Gasteiger partial charge in [0.15, 0.2) is 0 Å². The summed E-state index contributed by atoms with van der Waals surface area (Å²) in [5.74, 6) is 1.92. The Balaban J connectivity index is 1.61. The van der Waals surface area contributed by atoms with E-state index in [2.05, 4.69) is 33.3 Å². The van der Waals surface area contributed by atoms with Crippen molar-refractivity contribution in [3.63, 3.8) is 0 Å². The van der Waals surface area contributed by atoms with Crippen LogP contribution in [0.3, 0.4) is 0 Å². The fraction of sp³-hybridized carbons (Fsp3) is 0.625. The van der Waals surface area contributed by atoms with Gasteiger partial charge in [-0.05, 0) is 30.9 Å². The van der Waals surface area contributed by atoms with Crippen molar-refractivity contribution >= 4 is 11.4 Å². The Morgan fingerprint density at radius 3 is 2.55 bits per heavy atom. The second-order valence-electron chi connectivity index (χ2n) is 5.87. The molecule has 2 aliphatic rings. The lowest BCUT2D eigenvalue weighted by Crippen LogP contribution is -2.47. The number of nitrogens with one attached hydrogen (secondary N) is 1. The zero-order chi connectivity index (χ0) is 13.9. The van der Waals surface area contributed by atoms with E-state index in [0.717, 1.165) is 30.4 Å². The highest BCUT2D eigenvalue weighted by atomic mass is 16.5. The van der Waals surface area contributed by atoms with Gasteiger partial charge in [-0.1, -0.05) is 0 Å². The van der Waals surface area contributed by atoms with Gasteiger partial charge in [0.25, 0.3) is 0 Å². The Bertz CT molecular complexity index is 451. The third-order valence-corrected chi connectivity index (χ3v) is 4.41. The summed E-state index contributed by atoms with van der Waals surface area (Å²) in [6, 6.07) is 6.43. The van der Waals surface area contributed by atoms with E-state index in [1.54, 1.807) is 7.11 Å². The molecule has 1 aliphatic heterocycles. The number of nitrogens with zero attached hydrogens (tertiary/aromatic N) is 2. The number of piperazine rings is 1. The van der Waals surface area contributed by atoms with Crippen molar-refractivity contribution in [3.05, 3.63) is 18.2 Å². The maximum absolute atomic E-state index is 5.45. The van der Waals surface area contributed by atoms with Crippen LogP contribution in [0.15, 0.2) is 18.2 Å². The van der Waals surface area contributed by atoms with Crippen molar-refractivity contribution in [1.29, 1.82) is 0 Å². The lowest BCUT2D eigenvalue weighted by atomic mass is 10.2. The van der Waals surface area contributed by atoms with Crippen LogP contribution in [0, 0.1) is 5.92 Å². The molecule has 1 saturated carbocycles. The first kappa shape index (κ1) is 13.6.